The number of aromatic nitrogens is 2. The normalized spacial score (nSPS) is 14.0. The molecule has 2 aromatic rings. The highest BCUT2D eigenvalue weighted by Gasteiger charge is 2.47. The van der Waals surface area contributed by atoms with Gasteiger partial charge in [-0.2, -0.15) is 5.26 Å². The van der Waals surface area contributed by atoms with E-state index in [4.69, 9.17) is 16.0 Å². The standard InChI is InChI=1S/C17H26N4SSi/c1-10(2)23(11(3)4,12(5)6)17-21-15-9-20-8-13(14(19)7-18)16(15)22-17/h8-12,14H,19H2,1-6H3. The molecule has 1 atom stereocenters. The summed E-state index contributed by atoms with van der Waals surface area (Å²) in [4.78, 5) is 9.22. The summed E-state index contributed by atoms with van der Waals surface area (Å²) in [6.45, 7) is 14.0. The Labute approximate surface area is 143 Å². The second kappa shape index (κ2) is 6.68. The molecular weight excluding hydrogens is 320 g/mol. The number of hydrogen-bond acceptors (Lipinski definition) is 5. The molecule has 2 N–H and O–H groups in total. The first-order valence-corrected chi connectivity index (χ1v) is 11.2. The van der Waals surface area contributed by atoms with Crippen molar-refractivity contribution in [3.63, 3.8) is 0 Å². The lowest BCUT2D eigenvalue weighted by Crippen LogP contribution is -2.55. The van der Waals surface area contributed by atoms with Gasteiger partial charge >= 0.3 is 0 Å². The summed E-state index contributed by atoms with van der Waals surface area (Å²) in [5.74, 6) is 0. The smallest absolute Gasteiger partial charge is 0.131 e. The number of nitriles is 1. The monoisotopic (exact) mass is 346 g/mol. The van der Waals surface area contributed by atoms with Gasteiger partial charge in [-0.3, -0.25) is 4.98 Å². The minimum atomic E-state index is -1.80. The summed E-state index contributed by atoms with van der Waals surface area (Å²) in [7, 11) is -1.80. The zero-order chi connectivity index (χ0) is 17.4. The lowest BCUT2D eigenvalue weighted by atomic mass is 10.1. The molecule has 124 valence electrons. The summed E-state index contributed by atoms with van der Waals surface area (Å²) in [6.07, 6.45) is 3.50. The van der Waals surface area contributed by atoms with Gasteiger partial charge in [-0.1, -0.05) is 41.5 Å². The highest BCUT2D eigenvalue weighted by atomic mass is 32.1. The number of nitrogens with zero attached hydrogens (tertiary/aromatic N) is 3. The largest absolute Gasteiger partial charge is 0.312 e. The second-order valence-corrected chi connectivity index (χ2v) is 14.3. The summed E-state index contributed by atoms with van der Waals surface area (Å²) in [5.41, 5.74) is 9.43. The Hall–Kier alpha value is -1.29. The summed E-state index contributed by atoms with van der Waals surface area (Å²) in [5, 5.41) is 9.17. The van der Waals surface area contributed by atoms with Gasteiger partial charge in [0.05, 0.1) is 27.1 Å². The Morgan fingerprint density at radius 2 is 1.65 bits per heavy atom. The SMILES string of the molecule is CC(C)[Si](c1nc2cncc(C(N)C#N)c2s1)(C(C)C)C(C)C. The Kier molecular flexibility index (Phi) is 5.24. The summed E-state index contributed by atoms with van der Waals surface area (Å²) < 4.78 is 2.30. The van der Waals surface area contributed by atoms with Gasteiger partial charge in [0.2, 0.25) is 0 Å². The fourth-order valence-corrected chi connectivity index (χ4v) is 13.9. The van der Waals surface area contributed by atoms with Crippen LogP contribution in [-0.4, -0.2) is 18.0 Å². The van der Waals surface area contributed by atoms with E-state index in [0.29, 0.717) is 16.6 Å². The molecule has 0 spiro atoms. The van der Waals surface area contributed by atoms with E-state index in [1.807, 2.05) is 0 Å². The van der Waals surface area contributed by atoms with Crippen LogP contribution in [0.5, 0.6) is 0 Å². The predicted molar refractivity (Wildman–Crippen MR) is 101 cm³/mol. The first-order valence-electron chi connectivity index (χ1n) is 8.16. The zero-order valence-electron chi connectivity index (χ0n) is 14.8. The third-order valence-electron chi connectivity index (χ3n) is 5.04. The molecule has 0 radical (unpaired) electrons. The van der Waals surface area contributed by atoms with Crippen LogP contribution in [-0.2, 0) is 0 Å². The molecule has 1 unspecified atom stereocenters. The van der Waals surface area contributed by atoms with Gasteiger partial charge < -0.3 is 5.73 Å². The van der Waals surface area contributed by atoms with E-state index in [2.05, 4.69) is 52.6 Å². The average Bonchev–Trinajstić information content (AvgIpc) is 2.89. The quantitative estimate of drug-likeness (QED) is 0.827. The van der Waals surface area contributed by atoms with Crippen LogP contribution in [0.15, 0.2) is 12.4 Å². The predicted octanol–water partition coefficient (Wildman–Crippen LogP) is 4.10. The number of hydrogen-bond donors (Lipinski definition) is 1. The van der Waals surface area contributed by atoms with E-state index in [-0.39, 0.29) is 0 Å². The first kappa shape index (κ1) is 18.1. The molecule has 0 aromatic carbocycles. The van der Waals surface area contributed by atoms with Gasteiger partial charge in [0.1, 0.15) is 14.1 Å². The molecule has 0 saturated heterocycles. The van der Waals surface area contributed by atoms with Crippen LogP contribution in [0.2, 0.25) is 16.6 Å². The van der Waals surface area contributed by atoms with E-state index in [9.17, 15) is 0 Å². The summed E-state index contributed by atoms with van der Waals surface area (Å²) >= 11 is 1.74. The zero-order valence-corrected chi connectivity index (χ0v) is 16.6. The molecule has 2 heterocycles. The van der Waals surface area contributed by atoms with Crippen LogP contribution in [0.3, 0.4) is 0 Å². The van der Waals surface area contributed by atoms with Crippen molar-refractivity contribution in [3.8, 4) is 6.07 Å². The van der Waals surface area contributed by atoms with Crippen LogP contribution < -0.4 is 10.4 Å². The fourth-order valence-electron chi connectivity index (χ4n) is 4.09. The van der Waals surface area contributed by atoms with Gasteiger partial charge in [-0.25, -0.2) is 4.98 Å². The highest BCUT2D eigenvalue weighted by Crippen LogP contribution is 2.42. The van der Waals surface area contributed by atoms with E-state index >= 15 is 0 Å². The number of fused-ring (bicyclic) bond motifs is 1. The van der Waals surface area contributed by atoms with Crippen molar-refractivity contribution in [2.45, 2.75) is 64.2 Å². The molecule has 0 amide bonds. The molecule has 0 saturated carbocycles. The lowest BCUT2D eigenvalue weighted by Gasteiger charge is -2.41. The van der Waals surface area contributed by atoms with Crippen LogP contribution in [0.4, 0.5) is 0 Å². The molecular formula is C17H26N4SSi. The van der Waals surface area contributed by atoms with Crippen molar-refractivity contribution in [2.75, 3.05) is 0 Å². The molecule has 0 fully saturated rings. The Balaban J connectivity index is 2.74. The maximum absolute atomic E-state index is 9.17. The van der Waals surface area contributed by atoms with Crippen LogP contribution in [0.1, 0.15) is 53.1 Å². The topological polar surface area (TPSA) is 75.6 Å². The van der Waals surface area contributed by atoms with Gasteiger partial charge in [-0.05, 0) is 16.6 Å². The first-order chi connectivity index (χ1) is 10.8. The molecule has 2 aromatic heterocycles. The third kappa shape index (κ3) is 2.82. The van der Waals surface area contributed by atoms with Crippen LogP contribution in [0.25, 0.3) is 10.2 Å². The van der Waals surface area contributed by atoms with Gasteiger partial charge in [0.25, 0.3) is 0 Å². The van der Waals surface area contributed by atoms with Crippen molar-refractivity contribution < 1.29 is 0 Å². The van der Waals surface area contributed by atoms with Crippen molar-refractivity contribution >= 4 is 34.3 Å². The van der Waals surface area contributed by atoms with Crippen molar-refractivity contribution in [1.29, 1.82) is 5.26 Å². The van der Waals surface area contributed by atoms with E-state index in [0.717, 1.165) is 15.8 Å². The molecule has 0 aliphatic rings. The number of pyridine rings is 1. The fraction of sp³-hybridized carbons (Fsp3) is 0.588. The minimum absolute atomic E-state index is 0.601. The van der Waals surface area contributed by atoms with E-state index < -0.39 is 14.1 Å². The molecule has 0 aliphatic carbocycles. The van der Waals surface area contributed by atoms with Crippen LogP contribution >= 0.6 is 11.3 Å². The van der Waals surface area contributed by atoms with Gasteiger partial charge in [0.15, 0.2) is 0 Å². The number of thiazole rings is 1. The van der Waals surface area contributed by atoms with Gasteiger partial charge in [0, 0.05) is 11.8 Å². The molecule has 23 heavy (non-hydrogen) atoms. The Bertz CT molecular complexity index is 708. The van der Waals surface area contributed by atoms with Crippen molar-refractivity contribution in [3.05, 3.63) is 18.0 Å². The van der Waals surface area contributed by atoms with Crippen molar-refractivity contribution in [1.82, 2.24) is 9.97 Å². The van der Waals surface area contributed by atoms with E-state index in [1.165, 1.54) is 4.63 Å². The second-order valence-electron chi connectivity index (χ2n) is 7.10. The number of rotatable bonds is 5. The van der Waals surface area contributed by atoms with Gasteiger partial charge in [-0.15, -0.1) is 11.3 Å². The molecule has 2 rings (SSSR count). The maximum Gasteiger partial charge on any atom is 0.131 e. The lowest BCUT2D eigenvalue weighted by molar-refractivity contribution is 0.834. The molecule has 0 aliphatic heterocycles. The minimum Gasteiger partial charge on any atom is -0.312 e. The molecule has 4 nitrogen and oxygen atoms in total. The third-order valence-corrected chi connectivity index (χ3v) is 13.9. The molecule has 0 bridgehead atoms. The maximum atomic E-state index is 9.17. The Morgan fingerprint density at radius 3 is 2.13 bits per heavy atom. The van der Waals surface area contributed by atoms with E-state index in [1.54, 1.807) is 23.7 Å². The molecule has 6 heteroatoms. The average molecular weight is 347 g/mol. The highest BCUT2D eigenvalue weighted by molar-refractivity contribution is 7.31. The number of nitrogens with two attached hydrogens (primary N) is 1. The Morgan fingerprint density at radius 1 is 1.09 bits per heavy atom. The van der Waals surface area contributed by atoms with Crippen molar-refractivity contribution in [2.24, 2.45) is 5.73 Å². The van der Waals surface area contributed by atoms with Crippen LogP contribution in [0, 0.1) is 11.3 Å². The summed E-state index contributed by atoms with van der Waals surface area (Å²) in [6, 6.07) is 1.47.